The van der Waals surface area contributed by atoms with Gasteiger partial charge >= 0.3 is 5.97 Å². The average molecular weight is 303 g/mol. The zero-order valence-corrected chi connectivity index (χ0v) is 12.1. The molecular formula is C15H13NO4S. The Kier molecular flexibility index (Phi) is 4.59. The van der Waals surface area contributed by atoms with Crippen molar-refractivity contribution in [2.24, 2.45) is 0 Å². The molecule has 5 nitrogen and oxygen atoms in total. The van der Waals surface area contributed by atoms with E-state index in [-0.39, 0.29) is 11.3 Å². The first-order valence-corrected chi connectivity index (χ1v) is 7.16. The van der Waals surface area contributed by atoms with Crippen LogP contribution in [0.2, 0.25) is 0 Å². The lowest BCUT2D eigenvalue weighted by molar-refractivity contribution is -0.385. The van der Waals surface area contributed by atoms with Crippen LogP contribution in [0.3, 0.4) is 0 Å². The van der Waals surface area contributed by atoms with E-state index >= 15 is 0 Å². The Morgan fingerprint density at radius 1 is 1.29 bits per heavy atom. The first-order valence-electron chi connectivity index (χ1n) is 6.17. The minimum Gasteiger partial charge on any atom is -0.477 e. The summed E-state index contributed by atoms with van der Waals surface area (Å²) in [5.41, 5.74) is 1.61. The first kappa shape index (κ1) is 15.1. The number of benzene rings is 2. The molecule has 2 rings (SSSR count). The van der Waals surface area contributed by atoms with E-state index in [1.54, 1.807) is 6.07 Å². The van der Waals surface area contributed by atoms with Crippen LogP contribution in [0.15, 0.2) is 47.4 Å². The van der Waals surface area contributed by atoms with Crippen LogP contribution in [0.5, 0.6) is 0 Å². The predicted molar refractivity (Wildman–Crippen MR) is 80.8 cm³/mol. The van der Waals surface area contributed by atoms with E-state index in [9.17, 15) is 14.9 Å². The molecule has 0 saturated carbocycles. The molecule has 2 aromatic rings. The van der Waals surface area contributed by atoms with Crippen molar-refractivity contribution in [2.45, 2.75) is 17.6 Å². The second kappa shape index (κ2) is 6.41. The normalized spacial score (nSPS) is 10.3. The van der Waals surface area contributed by atoms with Gasteiger partial charge in [0.25, 0.3) is 5.69 Å². The quantitative estimate of drug-likeness (QED) is 0.515. The fourth-order valence-corrected chi connectivity index (χ4v) is 2.78. The van der Waals surface area contributed by atoms with E-state index in [2.05, 4.69) is 6.07 Å². The van der Waals surface area contributed by atoms with Crippen molar-refractivity contribution in [3.05, 3.63) is 69.3 Å². The standard InChI is InChI=1S/C15H13NO4S/c1-10-3-2-4-11(7-10)9-21-12-5-6-14(16(19)20)13(8-12)15(17)18/h2-8H,9H2,1H3,(H,17,18). The topological polar surface area (TPSA) is 80.4 Å². The molecule has 0 saturated heterocycles. The maximum absolute atomic E-state index is 11.1. The second-order valence-corrected chi connectivity index (χ2v) is 5.57. The highest BCUT2D eigenvalue weighted by Gasteiger charge is 2.19. The van der Waals surface area contributed by atoms with Gasteiger partial charge in [-0.1, -0.05) is 29.8 Å². The molecule has 0 aliphatic heterocycles. The van der Waals surface area contributed by atoms with Gasteiger partial charge in [-0.25, -0.2) is 4.79 Å². The van der Waals surface area contributed by atoms with Gasteiger partial charge in [0.05, 0.1) is 4.92 Å². The number of nitro benzene ring substituents is 1. The van der Waals surface area contributed by atoms with E-state index in [0.29, 0.717) is 10.6 Å². The molecule has 108 valence electrons. The monoisotopic (exact) mass is 303 g/mol. The third-order valence-electron chi connectivity index (χ3n) is 2.88. The Morgan fingerprint density at radius 2 is 2.05 bits per heavy atom. The lowest BCUT2D eigenvalue weighted by atomic mass is 10.2. The number of hydrogen-bond donors (Lipinski definition) is 1. The van der Waals surface area contributed by atoms with Crippen molar-refractivity contribution in [1.82, 2.24) is 0 Å². The van der Waals surface area contributed by atoms with Gasteiger partial charge in [-0.15, -0.1) is 11.8 Å². The fraction of sp³-hybridized carbons (Fsp3) is 0.133. The summed E-state index contributed by atoms with van der Waals surface area (Å²) in [6.07, 6.45) is 0. The van der Waals surface area contributed by atoms with Crippen LogP contribution in [0.4, 0.5) is 5.69 Å². The molecule has 0 bridgehead atoms. The zero-order valence-electron chi connectivity index (χ0n) is 11.3. The summed E-state index contributed by atoms with van der Waals surface area (Å²) in [6, 6.07) is 12.2. The van der Waals surface area contributed by atoms with Gasteiger partial charge in [-0.2, -0.15) is 0 Å². The number of rotatable bonds is 5. The molecule has 6 heteroatoms. The number of carboxylic acids is 1. The van der Waals surface area contributed by atoms with Gasteiger partial charge in [-0.3, -0.25) is 10.1 Å². The SMILES string of the molecule is Cc1cccc(CSc2ccc([N+](=O)[O-])c(C(=O)O)c2)c1. The summed E-state index contributed by atoms with van der Waals surface area (Å²) in [4.78, 5) is 21.9. The Hall–Kier alpha value is -2.34. The number of carbonyl (C=O) groups is 1. The van der Waals surface area contributed by atoms with Gasteiger partial charge in [0, 0.05) is 16.7 Å². The summed E-state index contributed by atoms with van der Waals surface area (Å²) in [5, 5.41) is 19.8. The summed E-state index contributed by atoms with van der Waals surface area (Å²) in [7, 11) is 0. The Morgan fingerprint density at radius 3 is 2.67 bits per heavy atom. The van der Waals surface area contributed by atoms with Crippen molar-refractivity contribution in [3.63, 3.8) is 0 Å². The molecule has 1 N–H and O–H groups in total. The zero-order chi connectivity index (χ0) is 15.4. The molecule has 0 radical (unpaired) electrons. The number of aromatic carboxylic acids is 1. The number of carboxylic acid groups (broad SMARTS) is 1. The lowest BCUT2D eigenvalue weighted by Gasteiger charge is -2.05. The molecule has 0 fully saturated rings. The molecule has 21 heavy (non-hydrogen) atoms. The molecule has 2 aromatic carbocycles. The average Bonchev–Trinajstić information content (AvgIpc) is 2.44. The number of thioether (sulfide) groups is 1. The summed E-state index contributed by atoms with van der Waals surface area (Å²) in [6.45, 7) is 2.00. The number of nitro groups is 1. The van der Waals surface area contributed by atoms with Crippen molar-refractivity contribution < 1.29 is 14.8 Å². The summed E-state index contributed by atoms with van der Waals surface area (Å²) in [5.74, 6) is -0.613. The molecule has 0 unspecified atom stereocenters. The lowest BCUT2D eigenvalue weighted by Crippen LogP contribution is -2.02. The van der Waals surface area contributed by atoms with Crippen LogP contribution in [-0.2, 0) is 5.75 Å². The van der Waals surface area contributed by atoms with Gasteiger partial charge in [0.2, 0.25) is 0 Å². The number of aryl methyl sites for hydroxylation is 1. The number of nitrogens with zero attached hydrogens (tertiary/aromatic N) is 1. The van der Waals surface area contributed by atoms with E-state index in [0.717, 1.165) is 11.1 Å². The van der Waals surface area contributed by atoms with E-state index in [4.69, 9.17) is 5.11 Å². The fourth-order valence-electron chi connectivity index (χ4n) is 1.90. The number of hydrogen-bond acceptors (Lipinski definition) is 4. The molecule has 0 spiro atoms. The minimum atomic E-state index is -1.29. The van der Waals surface area contributed by atoms with Crippen molar-refractivity contribution in [1.29, 1.82) is 0 Å². The highest BCUT2D eigenvalue weighted by Crippen LogP contribution is 2.28. The largest absolute Gasteiger partial charge is 0.477 e. The molecule has 0 amide bonds. The van der Waals surface area contributed by atoms with E-state index < -0.39 is 10.9 Å². The molecular weight excluding hydrogens is 290 g/mol. The molecule has 0 heterocycles. The molecule has 0 aliphatic rings. The predicted octanol–water partition coefficient (Wildman–Crippen LogP) is 3.89. The van der Waals surface area contributed by atoms with Crippen LogP contribution in [0.25, 0.3) is 0 Å². The Balaban J connectivity index is 2.19. The van der Waals surface area contributed by atoms with Crippen LogP contribution < -0.4 is 0 Å². The van der Waals surface area contributed by atoms with Crippen LogP contribution in [-0.4, -0.2) is 16.0 Å². The highest BCUT2D eigenvalue weighted by molar-refractivity contribution is 7.98. The smallest absolute Gasteiger partial charge is 0.342 e. The van der Waals surface area contributed by atoms with Crippen molar-refractivity contribution >= 4 is 23.4 Å². The maximum atomic E-state index is 11.1. The van der Waals surface area contributed by atoms with Crippen molar-refractivity contribution in [2.75, 3.05) is 0 Å². The third kappa shape index (κ3) is 3.82. The van der Waals surface area contributed by atoms with Crippen molar-refractivity contribution in [3.8, 4) is 0 Å². The van der Waals surface area contributed by atoms with Crippen LogP contribution >= 0.6 is 11.8 Å². The van der Waals surface area contributed by atoms with Crippen LogP contribution in [0, 0.1) is 17.0 Å². The Labute approximate surface area is 125 Å². The van der Waals surface area contributed by atoms with Gasteiger partial charge in [0.1, 0.15) is 5.56 Å². The Bertz CT molecular complexity index is 700. The second-order valence-electron chi connectivity index (χ2n) is 4.52. The minimum absolute atomic E-state index is 0.283. The molecule has 0 aromatic heterocycles. The highest BCUT2D eigenvalue weighted by atomic mass is 32.2. The third-order valence-corrected chi connectivity index (χ3v) is 3.95. The van der Waals surface area contributed by atoms with Crippen LogP contribution in [0.1, 0.15) is 21.5 Å². The van der Waals surface area contributed by atoms with E-state index in [1.165, 1.54) is 23.9 Å². The molecule has 0 aliphatic carbocycles. The first-order chi connectivity index (χ1) is 9.97. The summed E-state index contributed by atoms with van der Waals surface area (Å²) < 4.78 is 0. The van der Waals surface area contributed by atoms with E-state index in [1.807, 2.05) is 25.1 Å². The van der Waals surface area contributed by atoms with Gasteiger partial charge in [0.15, 0.2) is 0 Å². The molecule has 0 atom stereocenters. The van der Waals surface area contributed by atoms with Gasteiger partial charge < -0.3 is 5.11 Å². The van der Waals surface area contributed by atoms with Gasteiger partial charge in [-0.05, 0) is 24.6 Å². The maximum Gasteiger partial charge on any atom is 0.342 e. The summed E-state index contributed by atoms with van der Waals surface area (Å²) >= 11 is 1.45.